The van der Waals surface area contributed by atoms with Gasteiger partial charge in [0.25, 0.3) is 0 Å². The number of hydrogen-bond donors (Lipinski definition) is 1. The Kier molecular flexibility index (Phi) is 4.34. The Morgan fingerprint density at radius 1 is 1.00 bits per heavy atom. The van der Waals surface area contributed by atoms with Crippen molar-refractivity contribution in [3.8, 4) is 0 Å². The van der Waals surface area contributed by atoms with E-state index in [-0.39, 0.29) is 0 Å². The van der Waals surface area contributed by atoms with Gasteiger partial charge in [0.1, 0.15) is 0 Å². The second-order valence-electron chi connectivity index (χ2n) is 6.06. The molecule has 1 unspecified atom stereocenters. The van der Waals surface area contributed by atoms with Gasteiger partial charge in [0, 0.05) is 16.2 Å². The molecule has 0 heterocycles. The summed E-state index contributed by atoms with van der Waals surface area (Å²) < 4.78 is 1.13. The van der Waals surface area contributed by atoms with Gasteiger partial charge >= 0.3 is 0 Å². The van der Waals surface area contributed by atoms with Gasteiger partial charge in [0.05, 0.1) is 0 Å². The van der Waals surface area contributed by atoms with Gasteiger partial charge in [-0.05, 0) is 80.0 Å². The zero-order valence-electron chi connectivity index (χ0n) is 12.7. The molecule has 110 valence electrons. The van der Waals surface area contributed by atoms with Crippen molar-refractivity contribution in [2.45, 2.75) is 45.6 Å². The van der Waals surface area contributed by atoms with Crippen LogP contribution in [0.3, 0.4) is 0 Å². The molecule has 0 spiro atoms. The van der Waals surface area contributed by atoms with E-state index >= 15 is 0 Å². The number of anilines is 1. The van der Waals surface area contributed by atoms with E-state index in [9.17, 15) is 0 Å². The van der Waals surface area contributed by atoms with Crippen molar-refractivity contribution in [3.05, 3.63) is 63.1 Å². The average Bonchev–Trinajstić information content (AvgIpc) is 2.49. The van der Waals surface area contributed by atoms with Crippen molar-refractivity contribution < 1.29 is 0 Å². The van der Waals surface area contributed by atoms with E-state index in [2.05, 4.69) is 71.5 Å². The van der Waals surface area contributed by atoms with Crippen molar-refractivity contribution in [1.82, 2.24) is 0 Å². The number of hydrogen-bond acceptors (Lipinski definition) is 1. The van der Waals surface area contributed by atoms with Gasteiger partial charge in [-0.3, -0.25) is 0 Å². The van der Waals surface area contributed by atoms with Gasteiger partial charge < -0.3 is 5.32 Å². The van der Waals surface area contributed by atoms with E-state index in [1.807, 2.05) is 0 Å². The first-order valence-corrected chi connectivity index (χ1v) is 8.57. The Hall–Kier alpha value is -1.28. The van der Waals surface area contributed by atoms with Crippen molar-refractivity contribution in [2.24, 2.45) is 0 Å². The maximum absolute atomic E-state index is 3.64. The standard InChI is InChI=1S/C19H22BrN/c1-13-11-18(20)9-10-19(13)21-14(2)16-8-7-15-5-3-4-6-17(15)12-16/h7-12,14,21H,3-6H2,1-2H3. The fourth-order valence-electron chi connectivity index (χ4n) is 3.13. The topological polar surface area (TPSA) is 12.0 Å². The largest absolute Gasteiger partial charge is 0.378 e. The summed E-state index contributed by atoms with van der Waals surface area (Å²) >= 11 is 3.52. The van der Waals surface area contributed by atoms with Crippen LogP contribution < -0.4 is 5.32 Å². The minimum absolute atomic E-state index is 0.331. The molecule has 1 nitrogen and oxygen atoms in total. The van der Waals surface area contributed by atoms with Crippen molar-refractivity contribution in [1.29, 1.82) is 0 Å². The molecule has 0 aliphatic heterocycles. The number of rotatable bonds is 3. The van der Waals surface area contributed by atoms with E-state index in [1.54, 1.807) is 11.1 Å². The highest BCUT2D eigenvalue weighted by Crippen LogP contribution is 2.28. The van der Waals surface area contributed by atoms with Crippen LogP contribution in [0.1, 0.15) is 48.1 Å². The summed E-state index contributed by atoms with van der Waals surface area (Å²) in [5, 5.41) is 3.64. The third-order valence-electron chi connectivity index (χ3n) is 4.43. The highest BCUT2D eigenvalue weighted by molar-refractivity contribution is 9.10. The molecule has 2 aromatic rings. The van der Waals surface area contributed by atoms with Crippen LogP contribution >= 0.6 is 15.9 Å². The smallest absolute Gasteiger partial charge is 0.0485 e. The number of fused-ring (bicyclic) bond motifs is 1. The monoisotopic (exact) mass is 343 g/mol. The summed E-state index contributed by atoms with van der Waals surface area (Å²) in [5.41, 5.74) is 6.98. The normalized spacial score (nSPS) is 15.4. The molecule has 2 heteroatoms. The molecule has 0 amide bonds. The van der Waals surface area contributed by atoms with E-state index in [0.29, 0.717) is 6.04 Å². The van der Waals surface area contributed by atoms with E-state index < -0.39 is 0 Å². The van der Waals surface area contributed by atoms with Crippen LogP contribution in [-0.4, -0.2) is 0 Å². The van der Waals surface area contributed by atoms with E-state index in [4.69, 9.17) is 0 Å². The lowest BCUT2D eigenvalue weighted by Gasteiger charge is -2.21. The molecule has 1 atom stereocenters. The van der Waals surface area contributed by atoms with Gasteiger partial charge in [0.15, 0.2) is 0 Å². The maximum atomic E-state index is 3.64. The summed E-state index contributed by atoms with van der Waals surface area (Å²) in [7, 11) is 0. The molecule has 0 saturated carbocycles. The van der Waals surface area contributed by atoms with Gasteiger partial charge in [-0.15, -0.1) is 0 Å². The van der Waals surface area contributed by atoms with Crippen molar-refractivity contribution >= 4 is 21.6 Å². The molecular formula is C19H22BrN. The van der Waals surface area contributed by atoms with Crippen LogP contribution in [0.4, 0.5) is 5.69 Å². The Morgan fingerprint density at radius 3 is 2.52 bits per heavy atom. The highest BCUT2D eigenvalue weighted by atomic mass is 79.9. The number of halogens is 1. The lowest BCUT2D eigenvalue weighted by molar-refractivity contribution is 0.683. The summed E-state index contributed by atoms with van der Waals surface area (Å²) in [4.78, 5) is 0. The Labute approximate surface area is 135 Å². The Balaban J connectivity index is 1.80. The molecule has 1 aliphatic rings. The summed E-state index contributed by atoms with van der Waals surface area (Å²) in [5.74, 6) is 0. The van der Waals surface area contributed by atoms with Crippen molar-refractivity contribution in [2.75, 3.05) is 5.32 Å². The molecule has 0 saturated heterocycles. The number of nitrogens with one attached hydrogen (secondary N) is 1. The molecule has 0 radical (unpaired) electrons. The fourth-order valence-corrected chi connectivity index (χ4v) is 3.60. The van der Waals surface area contributed by atoms with Gasteiger partial charge in [-0.25, -0.2) is 0 Å². The number of benzene rings is 2. The lowest BCUT2D eigenvalue weighted by Crippen LogP contribution is -2.10. The molecule has 0 bridgehead atoms. The first kappa shape index (κ1) is 14.6. The third-order valence-corrected chi connectivity index (χ3v) is 4.93. The second kappa shape index (κ2) is 6.23. The first-order valence-electron chi connectivity index (χ1n) is 7.78. The Bertz CT molecular complexity index is 648. The second-order valence-corrected chi connectivity index (χ2v) is 6.98. The quantitative estimate of drug-likeness (QED) is 0.741. The minimum atomic E-state index is 0.331. The predicted octanol–water partition coefficient (Wildman–Crippen LogP) is 5.81. The highest BCUT2D eigenvalue weighted by Gasteiger charge is 2.13. The molecule has 2 aromatic carbocycles. The molecule has 0 fully saturated rings. The van der Waals surface area contributed by atoms with Crippen molar-refractivity contribution in [3.63, 3.8) is 0 Å². The van der Waals surface area contributed by atoms with Gasteiger partial charge in [-0.1, -0.05) is 34.1 Å². The SMILES string of the molecule is Cc1cc(Br)ccc1NC(C)c1ccc2c(c1)CCCC2. The van der Waals surface area contributed by atoms with Gasteiger partial charge in [-0.2, -0.15) is 0 Å². The summed E-state index contributed by atoms with van der Waals surface area (Å²) in [6, 6.07) is 13.7. The molecule has 3 rings (SSSR count). The van der Waals surface area contributed by atoms with Crippen LogP contribution in [-0.2, 0) is 12.8 Å². The summed E-state index contributed by atoms with van der Waals surface area (Å²) in [6.45, 7) is 4.39. The zero-order valence-corrected chi connectivity index (χ0v) is 14.3. The first-order chi connectivity index (χ1) is 10.1. The Morgan fingerprint density at radius 2 is 1.76 bits per heavy atom. The average molecular weight is 344 g/mol. The summed E-state index contributed by atoms with van der Waals surface area (Å²) in [6.07, 6.45) is 5.18. The van der Waals surface area contributed by atoms with Crippen LogP contribution in [0.5, 0.6) is 0 Å². The third kappa shape index (κ3) is 3.32. The molecule has 21 heavy (non-hydrogen) atoms. The van der Waals surface area contributed by atoms with E-state index in [1.165, 1.54) is 42.5 Å². The molecular weight excluding hydrogens is 322 g/mol. The lowest BCUT2D eigenvalue weighted by atomic mass is 9.89. The van der Waals surface area contributed by atoms with Crippen LogP contribution in [0.2, 0.25) is 0 Å². The van der Waals surface area contributed by atoms with Crippen LogP contribution in [0.15, 0.2) is 40.9 Å². The van der Waals surface area contributed by atoms with Gasteiger partial charge in [0.2, 0.25) is 0 Å². The fraction of sp³-hybridized carbons (Fsp3) is 0.368. The predicted molar refractivity (Wildman–Crippen MR) is 94.0 cm³/mol. The molecule has 0 aromatic heterocycles. The maximum Gasteiger partial charge on any atom is 0.0485 e. The van der Waals surface area contributed by atoms with Crippen LogP contribution in [0, 0.1) is 6.92 Å². The molecule has 1 N–H and O–H groups in total. The number of aryl methyl sites for hydroxylation is 3. The van der Waals surface area contributed by atoms with Crippen LogP contribution in [0.25, 0.3) is 0 Å². The van der Waals surface area contributed by atoms with E-state index in [0.717, 1.165) is 4.47 Å². The molecule has 1 aliphatic carbocycles. The minimum Gasteiger partial charge on any atom is -0.378 e. The zero-order chi connectivity index (χ0) is 14.8.